The Morgan fingerprint density at radius 1 is 0.750 bits per heavy atom. The molecule has 3 aromatic carbocycles. The summed E-state index contributed by atoms with van der Waals surface area (Å²) in [4.78, 5) is 35.2. The van der Waals surface area contributed by atoms with Gasteiger partial charge in [0.25, 0.3) is 17.5 Å². The van der Waals surface area contributed by atoms with E-state index in [9.17, 15) is 19.7 Å². The van der Waals surface area contributed by atoms with Crippen LogP contribution in [0, 0.1) is 10.1 Å². The fourth-order valence-corrected chi connectivity index (χ4v) is 3.01. The van der Waals surface area contributed by atoms with Crippen molar-refractivity contribution < 1.29 is 18.9 Å². The topological polar surface area (TPSA) is 114 Å². The first-order valence-electron chi connectivity index (χ1n) is 9.62. The highest BCUT2D eigenvalue weighted by molar-refractivity contribution is 6.05. The van der Waals surface area contributed by atoms with Crippen molar-refractivity contribution in [2.24, 2.45) is 0 Å². The molecule has 0 fully saturated rings. The van der Waals surface area contributed by atoms with Crippen LogP contribution in [0.25, 0.3) is 11.3 Å². The Bertz CT molecular complexity index is 1280. The van der Waals surface area contributed by atoms with Gasteiger partial charge in [-0.15, -0.1) is 0 Å². The Hall–Kier alpha value is -4.72. The van der Waals surface area contributed by atoms with Crippen molar-refractivity contribution in [1.82, 2.24) is 0 Å². The minimum Gasteiger partial charge on any atom is -0.451 e. The number of nitrogens with zero attached hydrogens (tertiary/aromatic N) is 1. The van der Waals surface area contributed by atoms with Gasteiger partial charge in [-0.2, -0.15) is 0 Å². The first-order chi connectivity index (χ1) is 15.5. The van der Waals surface area contributed by atoms with Gasteiger partial charge in [-0.1, -0.05) is 30.3 Å². The van der Waals surface area contributed by atoms with Crippen LogP contribution in [0.15, 0.2) is 95.4 Å². The average Bonchev–Trinajstić information content (AvgIpc) is 3.32. The lowest BCUT2D eigenvalue weighted by Gasteiger charge is -2.07. The van der Waals surface area contributed by atoms with Gasteiger partial charge in [0.05, 0.1) is 4.92 Å². The first kappa shape index (κ1) is 20.5. The minimum absolute atomic E-state index is 0.0629. The molecule has 158 valence electrons. The van der Waals surface area contributed by atoms with Crippen LogP contribution in [0.3, 0.4) is 0 Å². The van der Waals surface area contributed by atoms with Crippen molar-refractivity contribution in [3.8, 4) is 11.3 Å². The van der Waals surface area contributed by atoms with Gasteiger partial charge in [0.1, 0.15) is 5.76 Å². The molecular formula is C24H17N3O5. The van der Waals surface area contributed by atoms with Crippen LogP contribution in [0.4, 0.5) is 17.1 Å². The summed E-state index contributed by atoms with van der Waals surface area (Å²) in [6.07, 6.45) is 0. The lowest BCUT2D eigenvalue weighted by molar-refractivity contribution is -0.384. The molecule has 0 radical (unpaired) electrons. The summed E-state index contributed by atoms with van der Waals surface area (Å²) in [5, 5.41) is 16.4. The zero-order chi connectivity index (χ0) is 22.5. The van der Waals surface area contributed by atoms with E-state index in [1.165, 1.54) is 18.2 Å². The summed E-state index contributed by atoms with van der Waals surface area (Å²) in [6.45, 7) is 0. The fraction of sp³-hybridized carbons (Fsp3) is 0. The van der Waals surface area contributed by atoms with E-state index in [4.69, 9.17) is 4.42 Å². The van der Waals surface area contributed by atoms with Gasteiger partial charge in [-0.3, -0.25) is 19.7 Å². The Kier molecular flexibility index (Phi) is 5.76. The predicted molar refractivity (Wildman–Crippen MR) is 120 cm³/mol. The predicted octanol–water partition coefficient (Wildman–Crippen LogP) is 5.36. The summed E-state index contributed by atoms with van der Waals surface area (Å²) in [5.74, 6) is -0.291. The molecule has 0 unspecified atom stereocenters. The van der Waals surface area contributed by atoms with Crippen LogP contribution >= 0.6 is 0 Å². The maximum atomic E-state index is 12.5. The van der Waals surface area contributed by atoms with E-state index in [-0.39, 0.29) is 17.4 Å². The molecule has 0 aliphatic heterocycles. The molecule has 0 saturated heterocycles. The zero-order valence-electron chi connectivity index (χ0n) is 16.6. The largest absolute Gasteiger partial charge is 0.451 e. The molecule has 4 rings (SSSR count). The molecule has 32 heavy (non-hydrogen) atoms. The number of non-ortho nitro benzene ring substituents is 1. The molecule has 2 amide bonds. The highest BCUT2D eigenvalue weighted by Crippen LogP contribution is 2.26. The maximum absolute atomic E-state index is 12.5. The lowest BCUT2D eigenvalue weighted by atomic mass is 10.1. The second kappa shape index (κ2) is 8.97. The molecule has 0 spiro atoms. The van der Waals surface area contributed by atoms with Crippen molar-refractivity contribution in [2.45, 2.75) is 0 Å². The monoisotopic (exact) mass is 427 g/mol. The number of benzene rings is 3. The molecule has 0 saturated carbocycles. The van der Waals surface area contributed by atoms with Crippen LogP contribution in [0.1, 0.15) is 20.9 Å². The summed E-state index contributed by atoms with van der Waals surface area (Å²) in [5.41, 5.74) is 2.08. The highest BCUT2D eigenvalue weighted by atomic mass is 16.6. The number of nitro benzene ring substituents is 1. The number of hydrogen-bond acceptors (Lipinski definition) is 5. The Morgan fingerprint density at radius 3 is 2.06 bits per heavy atom. The number of carbonyl (C=O) groups excluding carboxylic acids is 2. The second-order valence-corrected chi connectivity index (χ2v) is 6.82. The minimum atomic E-state index is -0.494. The Labute approximate surface area is 182 Å². The van der Waals surface area contributed by atoms with E-state index in [0.717, 1.165) is 0 Å². The fourth-order valence-electron chi connectivity index (χ4n) is 3.01. The van der Waals surface area contributed by atoms with Crippen molar-refractivity contribution in [3.63, 3.8) is 0 Å². The van der Waals surface area contributed by atoms with Gasteiger partial charge >= 0.3 is 0 Å². The number of hydrogen-bond donors (Lipinski definition) is 2. The van der Waals surface area contributed by atoms with Crippen molar-refractivity contribution in [1.29, 1.82) is 0 Å². The molecule has 0 aliphatic carbocycles. The second-order valence-electron chi connectivity index (χ2n) is 6.82. The van der Waals surface area contributed by atoms with Crippen molar-refractivity contribution in [3.05, 3.63) is 112 Å². The van der Waals surface area contributed by atoms with E-state index in [0.29, 0.717) is 28.3 Å². The van der Waals surface area contributed by atoms with Crippen LogP contribution in [0.5, 0.6) is 0 Å². The van der Waals surface area contributed by atoms with E-state index in [1.807, 2.05) is 6.07 Å². The van der Waals surface area contributed by atoms with Gasteiger partial charge in [-0.25, -0.2) is 0 Å². The molecule has 8 heteroatoms. The van der Waals surface area contributed by atoms with Gasteiger partial charge < -0.3 is 15.1 Å². The number of nitrogens with one attached hydrogen (secondary N) is 2. The molecule has 2 N–H and O–H groups in total. The standard InChI is InChI=1S/C24H17N3O5/c28-23(16-5-2-1-3-6-16)25-18-9-11-19(12-10-18)26-24(29)22-14-13-21(32-22)17-7-4-8-20(15-17)27(30)31/h1-15H,(H,25,28)(H,26,29). The zero-order valence-corrected chi connectivity index (χ0v) is 16.6. The molecular weight excluding hydrogens is 410 g/mol. The summed E-state index contributed by atoms with van der Waals surface area (Å²) >= 11 is 0. The van der Waals surface area contributed by atoms with Gasteiger partial charge in [0.2, 0.25) is 0 Å². The number of nitro groups is 1. The maximum Gasteiger partial charge on any atom is 0.291 e. The molecule has 0 aliphatic rings. The third-order valence-corrected chi connectivity index (χ3v) is 4.61. The van der Waals surface area contributed by atoms with E-state index in [1.54, 1.807) is 66.7 Å². The molecule has 8 nitrogen and oxygen atoms in total. The average molecular weight is 427 g/mol. The van der Waals surface area contributed by atoms with Crippen LogP contribution < -0.4 is 10.6 Å². The third kappa shape index (κ3) is 4.71. The van der Waals surface area contributed by atoms with Crippen LogP contribution in [0.2, 0.25) is 0 Å². The van der Waals surface area contributed by atoms with E-state index >= 15 is 0 Å². The molecule has 0 bridgehead atoms. The number of carbonyl (C=O) groups is 2. The molecule has 4 aromatic rings. The summed E-state index contributed by atoms with van der Waals surface area (Å²) in [7, 11) is 0. The Morgan fingerprint density at radius 2 is 1.41 bits per heavy atom. The highest BCUT2D eigenvalue weighted by Gasteiger charge is 2.15. The number of amides is 2. The SMILES string of the molecule is O=C(Nc1ccc(NC(=O)c2ccc(-c3cccc([N+](=O)[O-])c3)o2)cc1)c1ccccc1. The first-order valence-corrected chi connectivity index (χ1v) is 9.62. The summed E-state index contributed by atoms with van der Waals surface area (Å²) < 4.78 is 5.57. The summed E-state index contributed by atoms with van der Waals surface area (Å²) in [6, 6.07) is 24.5. The van der Waals surface area contributed by atoms with Crippen LogP contribution in [-0.4, -0.2) is 16.7 Å². The normalized spacial score (nSPS) is 10.4. The molecule has 1 heterocycles. The smallest absolute Gasteiger partial charge is 0.291 e. The molecule has 1 aromatic heterocycles. The lowest BCUT2D eigenvalue weighted by Crippen LogP contribution is -2.12. The molecule has 0 atom stereocenters. The van der Waals surface area contributed by atoms with Crippen LogP contribution in [-0.2, 0) is 0 Å². The quantitative estimate of drug-likeness (QED) is 0.318. The number of rotatable bonds is 6. The Balaban J connectivity index is 1.41. The number of anilines is 2. The van der Waals surface area contributed by atoms with Gasteiger partial charge in [-0.05, 0) is 48.5 Å². The van der Waals surface area contributed by atoms with E-state index in [2.05, 4.69) is 10.6 Å². The van der Waals surface area contributed by atoms with E-state index < -0.39 is 10.8 Å². The van der Waals surface area contributed by atoms with Crippen molar-refractivity contribution in [2.75, 3.05) is 10.6 Å². The third-order valence-electron chi connectivity index (χ3n) is 4.61. The van der Waals surface area contributed by atoms with Crippen molar-refractivity contribution >= 4 is 28.9 Å². The number of furan rings is 1. The van der Waals surface area contributed by atoms with Gasteiger partial charge in [0, 0.05) is 34.6 Å². The van der Waals surface area contributed by atoms with Gasteiger partial charge in [0.15, 0.2) is 5.76 Å².